The van der Waals surface area contributed by atoms with Gasteiger partial charge in [-0.2, -0.15) is 0 Å². The summed E-state index contributed by atoms with van der Waals surface area (Å²) in [5, 5.41) is 31.1. The van der Waals surface area contributed by atoms with Crippen LogP contribution in [-0.4, -0.2) is 154 Å². The van der Waals surface area contributed by atoms with E-state index in [4.69, 9.17) is 10.2 Å². The SMILES string of the molecule is CC(C)C[C@H](NC(=O)[C@@H]1CCCN1C(=O)[C@@H]1CCCN1C(=O)[C@@H]1CCCN1)C(=O)NCC(=O)N1CCC[C@H]1C(=O)NCC(=O)N[C@@H](CO)C(=O)O. The molecule has 4 heterocycles. The zero-order valence-electron chi connectivity index (χ0n) is 29.4. The molecule has 7 N–H and O–H groups in total. The number of rotatable bonds is 15. The zero-order chi connectivity index (χ0) is 37.2. The first-order valence-electron chi connectivity index (χ1n) is 17.9. The van der Waals surface area contributed by atoms with Gasteiger partial charge in [-0.25, -0.2) is 4.79 Å². The molecule has 4 fully saturated rings. The van der Waals surface area contributed by atoms with Crippen molar-refractivity contribution < 1.29 is 48.6 Å². The van der Waals surface area contributed by atoms with E-state index in [0.29, 0.717) is 51.6 Å². The third kappa shape index (κ3) is 10.1. The Kier molecular flexibility index (Phi) is 14.1. The fourth-order valence-corrected chi connectivity index (χ4v) is 7.29. The summed E-state index contributed by atoms with van der Waals surface area (Å²) in [5.74, 6) is -4.84. The number of hydrogen-bond acceptors (Lipinski definition) is 10. The number of nitrogens with one attached hydrogen (secondary N) is 5. The van der Waals surface area contributed by atoms with Crippen molar-refractivity contribution in [3.8, 4) is 0 Å². The first kappa shape index (κ1) is 39.5. The van der Waals surface area contributed by atoms with E-state index in [1.54, 1.807) is 4.90 Å². The number of carboxylic acid groups (broad SMARTS) is 1. The van der Waals surface area contributed by atoms with Crippen LogP contribution < -0.4 is 26.6 Å². The van der Waals surface area contributed by atoms with Crippen LogP contribution >= 0.6 is 0 Å². The van der Waals surface area contributed by atoms with Crippen LogP contribution in [0.15, 0.2) is 0 Å². The lowest BCUT2D eigenvalue weighted by Crippen LogP contribution is -2.57. The van der Waals surface area contributed by atoms with Gasteiger partial charge in [0.25, 0.3) is 0 Å². The summed E-state index contributed by atoms with van der Waals surface area (Å²) in [4.78, 5) is 107. The molecule has 0 saturated carbocycles. The minimum absolute atomic E-state index is 0.00710. The predicted octanol–water partition coefficient (Wildman–Crippen LogP) is -2.96. The van der Waals surface area contributed by atoms with Crippen LogP contribution in [0, 0.1) is 5.92 Å². The van der Waals surface area contributed by atoms with Crippen molar-refractivity contribution in [3.05, 3.63) is 0 Å². The molecule has 18 heteroatoms. The zero-order valence-corrected chi connectivity index (χ0v) is 29.4. The smallest absolute Gasteiger partial charge is 0.328 e. The molecule has 0 aliphatic carbocycles. The molecule has 4 rings (SSSR count). The van der Waals surface area contributed by atoms with Crippen LogP contribution in [0.5, 0.6) is 0 Å². The van der Waals surface area contributed by atoms with Gasteiger partial charge in [0, 0.05) is 19.6 Å². The van der Waals surface area contributed by atoms with Crippen molar-refractivity contribution >= 4 is 47.3 Å². The highest BCUT2D eigenvalue weighted by molar-refractivity contribution is 5.97. The number of amides is 7. The predicted molar refractivity (Wildman–Crippen MR) is 179 cm³/mol. The number of carboxylic acids is 1. The normalized spacial score (nSPS) is 24.3. The Hall–Kier alpha value is -4.32. The van der Waals surface area contributed by atoms with Crippen molar-refractivity contribution in [3.63, 3.8) is 0 Å². The lowest BCUT2D eigenvalue weighted by molar-refractivity contribution is -0.147. The largest absolute Gasteiger partial charge is 0.480 e. The number of aliphatic hydroxyl groups excluding tert-OH is 1. The summed E-state index contributed by atoms with van der Waals surface area (Å²) in [6.45, 7) is 3.80. The molecule has 4 aliphatic rings. The number of aliphatic carboxylic acids is 1. The van der Waals surface area contributed by atoms with Crippen molar-refractivity contribution in [1.29, 1.82) is 0 Å². The third-order valence-corrected chi connectivity index (χ3v) is 9.89. The van der Waals surface area contributed by atoms with Gasteiger partial charge in [-0.15, -0.1) is 0 Å². The molecule has 51 heavy (non-hydrogen) atoms. The number of aliphatic hydroxyl groups is 1. The van der Waals surface area contributed by atoms with Gasteiger partial charge in [-0.3, -0.25) is 33.6 Å². The van der Waals surface area contributed by atoms with Crippen molar-refractivity contribution in [1.82, 2.24) is 41.3 Å². The van der Waals surface area contributed by atoms with E-state index in [9.17, 15) is 38.4 Å². The van der Waals surface area contributed by atoms with Crippen LogP contribution in [0.3, 0.4) is 0 Å². The molecule has 4 aliphatic heterocycles. The topological polar surface area (TPSA) is 247 Å². The van der Waals surface area contributed by atoms with E-state index in [2.05, 4.69) is 26.6 Å². The second kappa shape index (κ2) is 18.3. The van der Waals surface area contributed by atoms with Gasteiger partial charge in [-0.1, -0.05) is 13.8 Å². The summed E-state index contributed by atoms with van der Waals surface area (Å²) in [5.41, 5.74) is 0. The summed E-state index contributed by atoms with van der Waals surface area (Å²) >= 11 is 0. The molecular formula is C33H52N8O10. The van der Waals surface area contributed by atoms with Gasteiger partial charge in [0.2, 0.25) is 41.4 Å². The first-order valence-corrected chi connectivity index (χ1v) is 17.9. The summed E-state index contributed by atoms with van der Waals surface area (Å²) in [7, 11) is 0. The fraction of sp³-hybridized carbons (Fsp3) is 0.758. The van der Waals surface area contributed by atoms with Gasteiger partial charge in [0.05, 0.1) is 25.7 Å². The molecule has 0 bridgehead atoms. The molecule has 4 saturated heterocycles. The lowest BCUT2D eigenvalue weighted by atomic mass is 10.0. The lowest BCUT2D eigenvalue weighted by Gasteiger charge is -2.32. The molecule has 284 valence electrons. The second-order valence-electron chi connectivity index (χ2n) is 14.0. The van der Waals surface area contributed by atoms with Gasteiger partial charge < -0.3 is 51.5 Å². The van der Waals surface area contributed by atoms with Gasteiger partial charge in [0.1, 0.15) is 30.2 Å². The van der Waals surface area contributed by atoms with Crippen LogP contribution in [0.1, 0.15) is 71.6 Å². The Bertz CT molecular complexity index is 1340. The number of hydrogen-bond donors (Lipinski definition) is 7. The minimum atomic E-state index is -1.52. The maximum absolute atomic E-state index is 13.8. The highest BCUT2D eigenvalue weighted by Crippen LogP contribution is 2.27. The van der Waals surface area contributed by atoms with E-state index in [-0.39, 0.29) is 36.7 Å². The molecule has 0 aromatic rings. The van der Waals surface area contributed by atoms with E-state index in [1.165, 1.54) is 9.80 Å². The van der Waals surface area contributed by atoms with Crippen LogP contribution in [-0.2, 0) is 38.4 Å². The Balaban J connectivity index is 1.30. The van der Waals surface area contributed by atoms with Crippen molar-refractivity contribution in [2.24, 2.45) is 5.92 Å². The highest BCUT2D eigenvalue weighted by atomic mass is 16.4. The molecule has 0 unspecified atom stereocenters. The molecule has 0 radical (unpaired) electrons. The number of nitrogens with zero attached hydrogens (tertiary/aromatic N) is 3. The minimum Gasteiger partial charge on any atom is -0.480 e. The Morgan fingerprint density at radius 1 is 0.706 bits per heavy atom. The molecule has 18 nitrogen and oxygen atoms in total. The van der Waals surface area contributed by atoms with E-state index < -0.39 is 85.4 Å². The summed E-state index contributed by atoms with van der Waals surface area (Å²) < 4.78 is 0. The number of carbonyl (C=O) groups is 8. The number of carbonyl (C=O) groups excluding carboxylic acids is 7. The first-order chi connectivity index (χ1) is 24.3. The Morgan fingerprint density at radius 2 is 1.31 bits per heavy atom. The second-order valence-corrected chi connectivity index (χ2v) is 14.0. The molecule has 0 aromatic heterocycles. The molecular weight excluding hydrogens is 668 g/mol. The number of likely N-dealkylation sites (tertiary alicyclic amines) is 3. The Labute approximate surface area is 296 Å². The monoisotopic (exact) mass is 720 g/mol. The maximum atomic E-state index is 13.8. The summed E-state index contributed by atoms with van der Waals surface area (Å²) in [6.07, 6.45) is 4.97. The maximum Gasteiger partial charge on any atom is 0.328 e. The van der Waals surface area contributed by atoms with E-state index in [0.717, 1.165) is 19.4 Å². The highest BCUT2D eigenvalue weighted by Gasteiger charge is 2.44. The van der Waals surface area contributed by atoms with Crippen molar-refractivity contribution in [2.45, 2.75) is 108 Å². The average molecular weight is 721 g/mol. The fourth-order valence-electron chi connectivity index (χ4n) is 7.29. The average Bonchev–Trinajstić information content (AvgIpc) is 3.93. The van der Waals surface area contributed by atoms with Gasteiger partial charge in [-0.05, 0) is 70.3 Å². The molecule has 0 aromatic carbocycles. The van der Waals surface area contributed by atoms with Crippen LogP contribution in [0.2, 0.25) is 0 Å². The third-order valence-electron chi connectivity index (χ3n) is 9.89. The molecule has 7 amide bonds. The Morgan fingerprint density at radius 3 is 1.90 bits per heavy atom. The van der Waals surface area contributed by atoms with E-state index >= 15 is 0 Å². The van der Waals surface area contributed by atoms with Gasteiger partial charge in [0.15, 0.2) is 0 Å². The van der Waals surface area contributed by atoms with Crippen molar-refractivity contribution in [2.75, 3.05) is 45.9 Å². The molecule has 6 atom stereocenters. The standard InChI is InChI=1S/C33H52N8O10/c1-19(2)15-21(28(45)36-17-27(44)39-12-4-8-23(39)29(46)35-16-26(43)37-22(18-42)33(50)51)38-30(47)24-9-5-13-40(24)32(49)25-10-6-14-41(25)31(48)20-7-3-11-34-20/h19-25,34,42H,3-18H2,1-2H3,(H,35,46)(H,36,45)(H,37,43)(H,38,47)(H,50,51)/t20-,21-,22-,23-,24-,25-/m0/s1. The summed E-state index contributed by atoms with van der Waals surface area (Å²) in [6, 6.07) is -5.14. The van der Waals surface area contributed by atoms with Crippen LogP contribution in [0.25, 0.3) is 0 Å². The molecule has 0 spiro atoms. The van der Waals surface area contributed by atoms with Gasteiger partial charge >= 0.3 is 5.97 Å². The van der Waals surface area contributed by atoms with E-state index in [1.807, 2.05) is 13.8 Å². The van der Waals surface area contributed by atoms with Crippen LogP contribution in [0.4, 0.5) is 0 Å². The quantitative estimate of drug-likeness (QED) is 0.0901.